The van der Waals surface area contributed by atoms with Crippen LogP contribution in [0.3, 0.4) is 0 Å². The number of rotatable bonds is 7. The molecule has 0 spiro atoms. The van der Waals surface area contributed by atoms with Crippen LogP contribution in [0.5, 0.6) is 0 Å². The van der Waals surface area contributed by atoms with E-state index in [4.69, 9.17) is 5.11 Å². The summed E-state index contributed by atoms with van der Waals surface area (Å²) in [6, 6.07) is -1.31. The zero-order chi connectivity index (χ0) is 19.5. The number of amides is 2. The Bertz CT molecular complexity index is 568. The SMILES string of the molecule is CC(=O)N[C@@H](CSC(=O)[C@@]1([C@H](O)C(C)C)NC(=O)[C@@H](C)[C@@H]1O)C(=O)O. The largest absolute Gasteiger partial charge is 0.480 e. The summed E-state index contributed by atoms with van der Waals surface area (Å²) < 4.78 is 0. The number of aliphatic hydroxyl groups is 2. The molecule has 0 aliphatic carbocycles. The van der Waals surface area contributed by atoms with Crippen molar-refractivity contribution in [3.8, 4) is 0 Å². The molecule has 5 N–H and O–H groups in total. The van der Waals surface area contributed by atoms with Gasteiger partial charge in [0.15, 0.2) is 5.54 Å². The minimum atomic E-state index is -1.92. The molecule has 0 aromatic rings. The molecule has 0 bridgehead atoms. The smallest absolute Gasteiger partial charge is 0.327 e. The van der Waals surface area contributed by atoms with Crippen LogP contribution in [-0.2, 0) is 19.2 Å². The van der Waals surface area contributed by atoms with Gasteiger partial charge in [0.05, 0.1) is 18.1 Å². The number of carboxylic acids is 1. The Kier molecular flexibility index (Phi) is 6.98. The topological polar surface area (TPSA) is 153 Å². The summed E-state index contributed by atoms with van der Waals surface area (Å²) in [5, 5.41) is 33.8. The van der Waals surface area contributed by atoms with Gasteiger partial charge in [0.1, 0.15) is 6.04 Å². The van der Waals surface area contributed by atoms with Gasteiger partial charge >= 0.3 is 5.97 Å². The highest BCUT2D eigenvalue weighted by Crippen LogP contribution is 2.36. The molecule has 1 rings (SSSR count). The Morgan fingerprint density at radius 2 is 1.92 bits per heavy atom. The van der Waals surface area contributed by atoms with Crippen molar-refractivity contribution in [3.05, 3.63) is 0 Å². The second-order valence-electron chi connectivity index (χ2n) is 6.47. The number of hydrogen-bond donors (Lipinski definition) is 5. The van der Waals surface area contributed by atoms with Crippen molar-refractivity contribution < 1.29 is 34.5 Å². The number of carbonyl (C=O) groups excluding carboxylic acids is 3. The van der Waals surface area contributed by atoms with Gasteiger partial charge in [-0.3, -0.25) is 14.4 Å². The van der Waals surface area contributed by atoms with Crippen LogP contribution in [-0.4, -0.2) is 67.8 Å². The molecule has 9 nitrogen and oxygen atoms in total. The quantitative estimate of drug-likeness (QED) is 0.368. The van der Waals surface area contributed by atoms with Crippen LogP contribution < -0.4 is 10.6 Å². The Morgan fingerprint density at radius 1 is 1.36 bits per heavy atom. The summed E-state index contributed by atoms with van der Waals surface area (Å²) in [4.78, 5) is 46.9. The zero-order valence-electron chi connectivity index (χ0n) is 14.5. The summed E-state index contributed by atoms with van der Waals surface area (Å²) in [6.07, 6.45) is -2.82. The van der Waals surface area contributed by atoms with Crippen LogP contribution in [0.25, 0.3) is 0 Å². The fourth-order valence-electron chi connectivity index (χ4n) is 2.70. The van der Waals surface area contributed by atoms with Crippen LogP contribution in [0.2, 0.25) is 0 Å². The van der Waals surface area contributed by atoms with E-state index >= 15 is 0 Å². The van der Waals surface area contributed by atoms with E-state index in [0.717, 1.165) is 6.92 Å². The molecule has 1 saturated heterocycles. The highest BCUT2D eigenvalue weighted by Gasteiger charge is 2.60. The first-order chi connectivity index (χ1) is 11.4. The van der Waals surface area contributed by atoms with Crippen LogP contribution in [0.4, 0.5) is 0 Å². The Morgan fingerprint density at radius 3 is 2.28 bits per heavy atom. The van der Waals surface area contributed by atoms with E-state index in [1.807, 2.05) is 0 Å². The molecule has 142 valence electrons. The van der Waals surface area contributed by atoms with E-state index in [-0.39, 0.29) is 5.75 Å². The molecule has 1 fully saturated rings. The maximum atomic E-state index is 12.8. The van der Waals surface area contributed by atoms with Gasteiger partial charge in [0, 0.05) is 12.7 Å². The second kappa shape index (κ2) is 8.15. The average molecular weight is 376 g/mol. The lowest BCUT2D eigenvalue weighted by Crippen LogP contribution is -2.64. The van der Waals surface area contributed by atoms with E-state index in [0.29, 0.717) is 11.8 Å². The molecule has 1 aliphatic heterocycles. The van der Waals surface area contributed by atoms with Crippen molar-refractivity contribution in [3.63, 3.8) is 0 Å². The van der Waals surface area contributed by atoms with Crippen molar-refractivity contribution in [2.24, 2.45) is 11.8 Å². The van der Waals surface area contributed by atoms with Gasteiger partial charge in [0.2, 0.25) is 16.9 Å². The molecule has 0 unspecified atom stereocenters. The van der Waals surface area contributed by atoms with Gasteiger partial charge in [-0.1, -0.05) is 32.5 Å². The molecular formula is C15H24N2O7S. The van der Waals surface area contributed by atoms with E-state index in [2.05, 4.69) is 10.6 Å². The van der Waals surface area contributed by atoms with Gasteiger partial charge in [0.25, 0.3) is 0 Å². The van der Waals surface area contributed by atoms with Crippen molar-refractivity contribution in [1.82, 2.24) is 10.6 Å². The molecule has 1 aliphatic rings. The molecule has 5 atom stereocenters. The number of hydrogen-bond acceptors (Lipinski definition) is 7. The summed E-state index contributed by atoms with van der Waals surface area (Å²) in [6.45, 7) is 5.84. The normalized spacial score (nSPS) is 28.4. The number of aliphatic carboxylic acids is 1. The van der Waals surface area contributed by atoms with E-state index in [9.17, 15) is 29.4 Å². The Hall–Kier alpha value is -1.65. The molecular weight excluding hydrogens is 352 g/mol. The number of carbonyl (C=O) groups is 4. The minimum absolute atomic E-state index is 0.308. The molecule has 0 saturated carbocycles. The third-order valence-corrected chi connectivity index (χ3v) is 5.28. The minimum Gasteiger partial charge on any atom is -0.480 e. The van der Waals surface area contributed by atoms with Gasteiger partial charge in [-0.2, -0.15) is 0 Å². The Labute approximate surface area is 149 Å². The summed E-state index contributed by atoms with van der Waals surface area (Å²) in [5.41, 5.74) is -1.92. The van der Waals surface area contributed by atoms with E-state index < -0.39 is 58.5 Å². The number of aliphatic hydroxyl groups excluding tert-OH is 2. The van der Waals surface area contributed by atoms with E-state index in [1.54, 1.807) is 13.8 Å². The van der Waals surface area contributed by atoms with Crippen molar-refractivity contribution in [2.75, 3.05) is 5.75 Å². The molecule has 1 heterocycles. The third kappa shape index (κ3) is 4.31. The van der Waals surface area contributed by atoms with Gasteiger partial charge in [-0.25, -0.2) is 4.79 Å². The monoisotopic (exact) mass is 376 g/mol. The number of thioether (sulfide) groups is 1. The molecule has 25 heavy (non-hydrogen) atoms. The van der Waals surface area contributed by atoms with Crippen LogP contribution >= 0.6 is 11.8 Å². The van der Waals surface area contributed by atoms with Crippen LogP contribution in [0.1, 0.15) is 27.7 Å². The van der Waals surface area contributed by atoms with Crippen molar-refractivity contribution in [1.29, 1.82) is 0 Å². The van der Waals surface area contributed by atoms with Gasteiger partial charge in [-0.15, -0.1) is 0 Å². The van der Waals surface area contributed by atoms with Crippen LogP contribution in [0.15, 0.2) is 0 Å². The standard InChI is InChI=1S/C15H24N2O7S/c1-6(2)10(19)15(11(20)7(3)12(21)17-15)14(24)25-5-9(13(22)23)16-8(4)18/h6-7,9-11,19-20H,5H2,1-4H3,(H,16,18)(H,17,21)(H,22,23)/t7-,9-,10+,11-,15-/m0/s1. The number of carboxylic acid groups (broad SMARTS) is 1. The molecule has 0 aromatic carbocycles. The third-order valence-electron chi connectivity index (χ3n) is 4.18. The molecule has 2 amide bonds. The Balaban J connectivity index is 3.04. The van der Waals surface area contributed by atoms with Crippen LogP contribution in [0, 0.1) is 11.8 Å². The maximum Gasteiger partial charge on any atom is 0.327 e. The summed E-state index contributed by atoms with van der Waals surface area (Å²) >= 11 is 0.535. The summed E-state index contributed by atoms with van der Waals surface area (Å²) in [7, 11) is 0. The predicted octanol–water partition coefficient (Wildman–Crippen LogP) is -1.28. The first kappa shape index (κ1) is 21.4. The first-order valence-corrected chi connectivity index (χ1v) is 8.79. The lowest BCUT2D eigenvalue weighted by molar-refractivity contribution is -0.140. The zero-order valence-corrected chi connectivity index (χ0v) is 15.3. The molecule has 10 heteroatoms. The highest BCUT2D eigenvalue weighted by atomic mass is 32.2. The molecule has 0 aromatic heterocycles. The lowest BCUT2D eigenvalue weighted by Gasteiger charge is -2.37. The van der Waals surface area contributed by atoms with Gasteiger partial charge < -0.3 is 26.0 Å². The second-order valence-corrected chi connectivity index (χ2v) is 7.46. The lowest BCUT2D eigenvalue weighted by atomic mass is 9.81. The van der Waals surface area contributed by atoms with E-state index in [1.165, 1.54) is 6.92 Å². The maximum absolute atomic E-state index is 12.8. The van der Waals surface area contributed by atoms with Crippen molar-refractivity contribution >= 4 is 34.7 Å². The summed E-state index contributed by atoms with van der Waals surface area (Å²) in [5.74, 6) is -4.12. The first-order valence-electron chi connectivity index (χ1n) is 7.80. The predicted molar refractivity (Wildman–Crippen MR) is 89.6 cm³/mol. The fourth-order valence-corrected chi connectivity index (χ4v) is 3.77. The highest BCUT2D eigenvalue weighted by molar-refractivity contribution is 8.13. The fraction of sp³-hybridized carbons (Fsp3) is 0.733. The average Bonchev–Trinajstić information content (AvgIpc) is 2.74. The van der Waals surface area contributed by atoms with Crippen molar-refractivity contribution in [2.45, 2.75) is 51.5 Å². The molecule has 0 radical (unpaired) electrons. The van der Waals surface area contributed by atoms with Gasteiger partial charge in [-0.05, 0) is 5.92 Å². The number of nitrogens with one attached hydrogen (secondary N) is 2.